The third-order valence-electron chi connectivity index (χ3n) is 8.08. The largest absolute Gasteiger partial charge is 0.361 e. The number of nitrogens with zero attached hydrogens (tertiary/aromatic N) is 1. The zero-order chi connectivity index (χ0) is 28.6. The maximum absolute atomic E-state index is 3.86. The average Bonchev–Trinajstić information content (AvgIpc) is 3.39. The number of halogens is 1. The van der Waals surface area contributed by atoms with E-state index in [1.807, 2.05) is 13.8 Å². The van der Waals surface area contributed by atoms with E-state index >= 15 is 0 Å². The van der Waals surface area contributed by atoms with Crippen molar-refractivity contribution in [1.29, 1.82) is 0 Å². The maximum atomic E-state index is 3.86. The van der Waals surface area contributed by atoms with Gasteiger partial charge >= 0.3 is 0 Å². The number of hydrogen-bond donors (Lipinski definition) is 1. The van der Waals surface area contributed by atoms with Gasteiger partial charge in [-0.1, -0.05) is 139 Å². The second-order valence-corrected chi connectivity index (χ2v) is 11.3. The first kappa shape index (κ1) is 26.3. The van der Waals surface area contributed by atoms with E-state index in [4.69, 9.17) is 0 Å². The lowest BCUT2D eigenvalue weighted by atomic mass is 9.89. The Labute approximate surface area is 255 Å². The molecular weight excluding hydrogens is 576 g/mol. The molecule has 0 amide bonds. The molecule has 0 spiro atoms. The Hall–Kier alpha value is -4.60. The molecule has 2 heterocycles. The van der Waals surface area contributed by atoms with Crippen LogP contribution in [0.25, 0.3) is 55.1 Å². The highest BCUT2D eigenvalue weighted by Gasteiger charge is 2.25. The molecule has 2 nitrogen and oxygen atoms in total. The molecule has 6 aromatic rings. The summed E-state index contributed by atoms with van der Waals surface area (Å²) in [6, 6.07) is 39.4. The first-order valence-electron chi connectivity index (χ1n) is 14.6. The third-order valence-corrected chi connectivity index (χ3v) is 8.57. The van der Waals surface area contributed by atoms with E-state index in [-0.39, 0.29) is 6.04 Å². The average molecular weight is 608 g/mol. The predicted molar refractivity (Wildman–Crippen MR) is 184 cm³/mol. The van der Waals surface area contributed by atoms with E-state index in [9.17, 15) is 0 Å². The molecule has 204 valence electrons. The molecule has 5 aromatic carbocycles. The smallest absolute Gasteiger partial charge is 0.112 e. The minimum Gasteiger partial charge on any atom is -0.361 e. The summed E-state index contributed by atoms with van der Waals surface area (Å²) in [4.78, 5) is 0. The quantitative estimate of drug-likeness (QED) is 0.212. The van der Waals surface area contributed by atoms with Gasteiger partial charge in [-0.25, -0.2) is 0 Å². The van der Waals surface area contributed by atoms with Crippen LogP contribution in [0.5, 0.6) is 0 Å². The fourth-order valence-electron chi connectivity index (χ4n) is 6.22. The molecule has 0 saturated heterocycles. The van der Waals surface area contributed by atoms with E-state index in [1.54, 1.807) is 0 Å². The summed E-state index contributed by atoms with van der Waals surface area (Å²) in [5.41, 5.74) is 8.58. The van der Waals surface area contributed by atoms with Gasteiger partial charge in [-0.3, -0.25) is 4.57 Å². The summed E-state index contributed by atoms with van der Waals surface area (Å²) in [7, 11) is 0. The summed E-state index contributed by atoms with van der Waals surface area (Å²) < 4.78 is 3.48. The van der Waals surface area contributed by atoms with Crippen molar-refractivity contribution in [1.82, 2.24) is 9.88 Å². The molecule has 1 aliphatic carbocycles. The van der Waals surface area contributed by atoms with Gasteiger partial charge in [0, 0.05) is 15.2 Å². The highest BCUT2D eigenvalue weighted by Crippen LogP contribution is 2.40. The van der Waals surface area contributed by atoms with Crippen molar-refractivity contribution in [2.45, 2.75) is 19.9 Å². The van der Waals surface area contributed by atoms with Crippen LogP contribution in [0.3, 0.4) is 0 Å². The molecule has 3 heteroatoms. The van der Waals surface area contributed by atoms with Crippen LogP contribution in [-0.4, -0.2) is 10.6 Å². The highest BCUT2D eigenvalue weighted by molar-refractivity contribution is 9.10. The van der Waals surface area contributed by atoms with Crippen LogP contribution in [0.2, 0.25) is 0 Å². The molecule has 1 N–H and O–H groups in total. The molecule has 42 heavy (non-hydrogen) atoms. The van der Waals surface area contributed by atoms with Gasteiger partial charge in [0.1, 0.15) is 5.82 Å². The number of dihydropyridines is 1. The van der Waals surface area contributed by atoms with Crippen LogP contribution in [0, 0.1) is 0 Å². The monoisotopic (exact) mass is 606 g/mol. The second kappa shape index (κ2) is 11.0. The Kier molecular flexibility index (Phi) is 6.89. The Bertz CT molecular complexity index is 2070. The predicted octanol–water partition coefficient (Wildman–Crippen LogP) is 10.8. The number of aromatic nitrogens is 1. The van der Waals surface area contributed by atoms with Gasteiger partial charge in [0.05, 0.1) is 17.1 Å². The van der Waals surface area contributed by atoms with Crippen LogP contribution in [0.4, 0.5) is 0 Å². The lowest BCUT2D eigenvalue weighted by Gasteiger charge is -2.30. The SMILES string of the molecule is Brc1ccc2c(c1)c1c3ccccc3ccc1n2C1=CC(c2ccc(-c3ccccc3)cc2)=C2C=CC=CC2N1.CC. The number of fused-ring (bicyclic) bond motifs is 6. The molecule has 2 aliphatic rings. The fourth-order valence-corrected chi connectivity index (χ4v) is 6.58. The van der Waals surface area contributed by atoms with Crippen LogP contribution < -0.4 is 5.32 Å². The summed E-state index contributed by atoms with van der Waals surface area (Å²) in [5, 5.41) is 8.90. The van der Waals surface area contributed by atoms with Crippen molar-refractivity contribution in [2.24, 2.45) is 0 Å². The second-order valence-electron chi connectivity index (χ2n) is 10.4. The van der Waals surface area contributed by atoms with Crippen molar-refractivity contribution < 1.29 is 0 Å². The summed E-state index contributed by atoms with van der Waals surface area (Å²) >= 11 is 3.73. The molecule has 0 fully saturated rings. The van der Waals surface area contributed by atoms with E-state index in [0.717, 1.165) is 10.3 Å². The highest BCUT2D eigenvalue weighted by atomic mass is 79.9. The van der Waals surface area contributed by atoms with Crippen molar-refractivity contribution in [2.75, 3.05) is 0 Å². The minimum absolute atomic E-state index is 0.0946. The zero-order valence-electron chi connectivity index (χ0n) is 23.7. The number of benzene rings is 5. The van der Waals surface area contributed by atoms with Gasteiger partial charge in [0.2, 0.25) is 0 Å². The van der Waals surface area contributed by atoms with Crippen molar-refractivity contribution in [3.63, 3.8) is 0 Å². The molecule has 0 bridgehead atoms. The Morgan fingerprint density at radius 1 is 0.667 bits per heavy atom. The molecule has 1 aromatic heterocycles. The summed E-state index contributed by atoms with van der Waals surface area (Å²) in [5.74, 6) is 1.08. The van der Waals surface area contributed by atoms with Crippen molar-refractivity contribution in [3.8, 4) is 11.1 Å². The van der Waals surface area contributed by atoms with Gasteiger partial charge in [-0.15, -0.1) is 0 Å². The van der Waals surface area contributed by atoms with Gasteiger partial charge in [0.25, 0.3) is 0 Å². The number of allylic oxidation sites excluding steroid dienone is 4. The van der Waals surface area contributed by atoms with Crippen LogP contribution in [0.1, 0.15) is 19.4 Å². The molecule has 0 radical (unpaired) electrons. The van der Waals surface area contributed by atoms with Crippen molar-refractivity contribution >= 4 is 59.9 Å². The van der Waals surface area contributed by atoms with Gasteiger partial charge < -0.3 is 5.32 Å². The Balaban J connectivity index is 0.00000141. The van der Waals surface area contributed by atoms with Crippen LogP contribution in [0.15, 0.2) is 150 Å². The molecule has 1 unspecified atom stereocenters. The van der Waals surface area contributed by atoms with Crippen molar-refractivity contribution in [3.05, 3.63) is 155 Å². The maximum Gasteiger partial charge on any atom is 0.112 e. The third kappa shape index (κ3) is 4.42. The number of nitrogens with one attached hydrogen (secondary N) is 1. The van der Waals surface area contributed by atoms with Gasteiger partial charge in [0.15, 0.2) is 0 Å². The van der Waals surface area contributed by atoms with Gasteiger partial charge in [-0.2, -0.15) is 0 Å². The molecule has 1 aliphatic heterocycles. The van der Waals surface area contributed by atoms with E-state index < -0.39 is 0 Å². The molecule has 1 atom stereocenters. The lowest BCUT2D eigenvalue weighted by Crippen LogP contribution is -2.33. The van der Waals surface area contributed by atoms with E-state index in [1.165, 1.54) is 60.4 Å². The molecule has 8 rings (SSSR count). The lowest BCUT2D eigenvalue weighted by molar-refractivity contribution is 0.783. The fraction of sp³-hybridized carbons (Fsp3) is 0.0769. The van der Waals surface area contributed by atoms with E-state index in [2.05, 4.69) is 165 Å². The topological polar surface area (TPSA) is 17.0 Å². The Morgan fingerprint density at radius 2 is 1.38 bits per heavy atom. The van der Waals surface area contributed by atoms with Gasteiger partial charge in [-0.05, 0) is 69.0 Å². The summed E-state index contributed by atoms with van der Waals surface area (Å²) in [6.45, 7) is 4.00. The molecular formula is C39H31BrN2. The number of rotatable bonds is 3. The normalized spacial score (nSPS) is 15.8. The van der Waals surface area contributed by atoms with Crippen LogP contribution in [-0.2, 0) is 0 Å². The number of hydrogen-bond acceptors (Lipinski definition) is 1. The summed E-state index contributed by atoms with van der Waals surface area (Å²) in [6.07, 6.45) is 11.1. The Morgan fingerprint density at radius 3 is 2.21 bits per heavy atom. The van der Waals surface area contributed by atoms with Crippen LogP contribution >= 0.6 is 15.9 Å². The zero-order valence-corrected chi connectivity index (χ0v) is 25.3. The first-order valence-corrected chi connectivity index (χ1v) is 15.4. The standard InChI is InChI=1S/C37H25BrN2.C2H6/c38-28-19-21-34-32(22-28)37-29-11-5-4-10-26(29)18-20-35(37)40(34)36-23-31(30-12-6-7-13-33(30)39-36)27-16-14-25(15-17-27)24-8-2-1-3-9-24;1-2/h1-23,33,39H;1-2H3. The van der Waals surface area contributed by atoms with E-state index in [0.29, 0.717) is 0 Å². The first-order chi connectivity index (χ1) is 20.7. The molecule has 0 saturated carbocycles. The minimum atomic E-state index is 0.0946.